The van der Waals surface area contributed by atoms with Crippen LogP contribution in [-0.2, 0) is 14.6 Å². The lowest BCUT2D eigenvalue weighted by Gasteiger charge is -2.27. The molecule has 25 heavy (non-hydrogen) atoms. The number of aliphatic hydroxyl groups excluding tert-OH is 1. The second-order valence-electron chi connectivity index (χ2n) is 5.89. The molecule has 2 atom stereocenters. The van der Waals surface area contributed by atoms with Crippen LogP contribution in [0.25, 0.3) is 0 Å². The highest BCUT2D eigenvalue weighted by atomic mass is 35.5. The zero-order valence-corrected chi connectivity index (χ0v) is 17.0. The summed E-state index contributed by atoms with van der Waals surface area (Å²) in [6.07, 6.45) is 0.182. The van der Waals surface area contributed by atoms with Crippen molar-refractivity contribution in [1.29, 1.82) is 0 Å². The average Bonchev–Trinajstić information content (AvgIpc) is 3.14. The van der Waals surface area contributed by atoms with Gasteiger partial charge in [-0.05, 0) is 30.7 Å². The second-order valence-corrected chi connectivity index (χ2v) is 13.1. The van der Waals surface area contributed by atoms with Gasteiger partial charge in [0.05, 0.1) is 15.0 Å². The van der Waals surface area contributed by atoms with E-state index in [0.717, 1.165) is 15.8 Å². The Labute approximate surface area is 159 Å². The summed E-state index contributed by atoms with van der Waals surface area (Å²) in [5.41, 5.74) is 0. The van der Waals surface area contributed by atoms with Crippen molar-refractivity contribution in [1.82, 2.24) is 4.31 Å². The van der Waals surface area contributed by atoms with Crippen LogP contribution in [0.15, 0.2) is 29.2 Å². The minimum atomic E-state index is -4.86. The molecule has 3 rings (SSSR count). The molecule has 0 aromatic heterocycles. The molecule has 0 saturated carbocycles. The Morgan fingerprint density at radius 1 is 1.24 bits per heavy atom. The molecule has 0 bridgehead atoms. The number of aliphatic hydroxyl groups is 1. The molecule has 2 unspecified atom stereocenters. The lowest BCUT2D eigenvalue weighted by atomic mass is 10.2. The van der Waals surface area contributed by atoms with Gasteiger partial charge in [-0.15, -0.1) is 23.5 Å². The van der Waals surface area contributed by atoms with E-state index in [1.54, 1.807) is 23.5 Å². The topological polar surface area (TPSA) is 115 Å². The van der Waals surface area contributed by atoms with Crippen molar-refractivity contribution < 1.29 is 27.9 Å². The summed E-state index contributed by atoms with van der Waals surface area (Å²) in [5, 5.41) is 10.5. The van der Waals surface area contributed by atoms with Crippen LogP contribution in [0.2, 0.25) is 5.02 Å². The van der Waals surface area contributed by atoms with Crippen LogP contribution in [0.4, 0.5) is 0 Å². The molecule has 0 radical (unpaired) electrons. The van der Waals surface area contributed by atoms with E-state index in [9.17, 15) is 27.9 Å². The van der Waals surface area contributed by atoms with Crippen molar-refractivity contribution >= 4 is 52.7 Å². The number of benzene rings is 1. The van der Waals surface area contributed by atoms with Gasteiger partial charge >= 0.3 is 7.60 Å². The molecule has 2 heterocycles. The highest BCUT2D eigenvalue weighted by molar-refractivity contribution is 8.21. The second kappa shape index (κ2) is 7.00. The first-order valence-corrected chi connectivity index (χ1v) is 12.8. The SMILES string of the molecule is O=P(O)(O)C(O)C1CC2(CN1S(=O)(=O)c1ccc(Cl)cc1)SCCS2. The Morgan fingerprint density at radius 3 is 2.32 bits per heavy atom. The van der Waals surface area contributed by atoms with Gasteiger partial charge in [0.1, 0.15) is 0 Å². The van der Waals surface area contributed by atoms with Crippen LogP contribution < -0.4 is 0 Å². The Hall–Kier alpha value is 0.230. The summed E-state index contributed by atoms with van der Waals surface area (Å²) in [6.45, 7) is 0.0923. The van der Waals surface area contributed by atoms with E-state index in [2.05, 4.69) is 0 Å². The molecule has 3 N–H and O–H groups in total. The maximum Gasteiger partial charge on any atom is 0.355 e. The van der Waals surface area contributed by atoms with E-state index >= 15 is 0 Å². The Kier molecular flexibility index (Phi) is 5.59. The summed E-state index contributed by atoms with van der Waals surface area (Å²) in [6, 6.07) is 4.39. The minimum Gasteiger partial charge on any atom is -0.379 e. The van der Waals surface area contributed by atoms with E-state index in [0.29, 0.717) is 5.02 Å². The monoisotopic (exact) mass is 445 g/mol. The van der Waals surface area contributed by atoms with Crippen LogP contribution in [0.5, 0.6) is 0 Å². The van der Waals surface area contributed by atoms with Crippen LogP contribution in [-0.4, -0.2) is 61.6 Å². The molecule has 2 saturated heterocycles. The Morgan fingerprint density at radius 2 is 1.80 bits per heavy atom. The normalized spacial score (nSPS) is 25.5. The molecule has 1 aromatic carbocycles. The first-order valence-electron chi connectivity index (χ1n) is 7.34. The van der Waals surface area contributed by atoms with Gasteiger partial charge in [0.2, 0.25) is 10.0 Å². The third-order valence-corrected chi connectivity index (χ3v) is 10.8. The zero-order chi connectivity index (χ0) is 18.5. The fourth-order valence-corrected chi connectivity index (χ4v) is 9.09. The zero-order valence-electron chi connectivity index (χ0n) is 12.9. The van der Waals surface area contributed by atoms with Crippen LogP contribution in [0.3, 0.4) is 0 Å². The average molecular weight is 446 g/mol. The Balaban J connectivity index is 2.00. The van der Waals surface area contributed by atoms with Crippen molar-refractivity contribution in [3.05, 3.63) is 29.3 Å². The number of sulfonamides is 1. The third kappa shape index (κ3) is 3.93. The summed E-state index contributed by atoms with van der Waals surface area (Å²) < 4.78 is 38.2. The Bertz CT molecular complexity index is 792. The number of nitrogens with zero attached hydrogens (tertiary/aromatic N) is 1. The summed E-state index contributed by atoms with van der Waals surface area (Å²) in [7, 11) is -8.89. The van der Waals surface area contributed by atoms with Crippen molar-refractivity contribution in [3.8, 4) is 0 Å². The van der Waals surface area contributed by atoms with Crippen LogP contribution in [0, 0.1) is 0 Å². The molecular weight excluding hydrogens is 429 g/mol. The maximum absolute atomic E-state index is 13.0. The maximum atomic E-state index is 13.0. The minimum absolute atomic E-state index is 0.0233. The lowest BCUT2D eigenvalue weighted by molar-refractivity contribution is 0.141. The van der Waals surface area contributed by atoms with Gasteiger partial charge in [-0.3, -0.25) is 4.57 Å². The highest BCUT2D eigenvalue weighted by Gasteiger charge is 2.56. The van der Waals surface area contributed by atoms with Gasteiger partial charge in [0.15, 0.2) is 5.85 Å². The fourth-order valence-electron chi connectivity index (χ4n) is 3.03. The van der Waals surface area contributed by atoms with E-state index in [4.69, 9.17) is 11.6 Å². The molecule has 0 amide bonds. The predicted octanol–water partition coefficient (Wildman–Crippen LogP) is 1.78. The fraction of sp³-hybridized carbons (Fsp3) is 0.538. The van der Waals surface area contributed by atoms with E-state index in [-0.39, 0.29) is 17.9 Å². The van der Waals surface area contributed by atoms with Gasteiger partial charge in [-0.25, -0.2) is 8.42 Å². The van der Waals surface area contributed by atoms with E-state index in [1.165, 1.54) is 24.3 Å². The number of halogens is 1. The number of hydrogen-bond acceptors (Lipinski definition) is 6. The van der Waals surface area contributed by atoms with Gasteiger partial charge in [0, 0.05) is 23.1 Å². The van der Waals surface area contributed by atoms with Crippen molar-refractivity contribution in [2.45, 2.75) is 27.3 Å². The van der Waals surface area contributed by atoms with Crippen molar-refractivity contribution in [3.63, 3.8) is 0 Å². The largest absolute Gasteiger partial charge is 0.379 e. The van der Waals surface area contributed by atoms with Gasteiger partial charge in [-0.1, -0.05) is 11.6 Å². The summed E-state index contributed by atoms with van der Waals surface area (Å²) in [5.74, 6) is -0.396. The smallest absolute Gasteiger partial charge is 0.355 e. The van der Waals surface area contributed by atoms with Crippen molar-refractivity contribution in [2.75, 3.05) is 18.1 Å². The first kappa shape index (κ1) is 20.0. The first-order chi connectivity index (χ1) is 11.6. The molecule has 0 aliphatic carbocycles. The van der Waals surface area contributed by atoms with Crippen LogP contribution in [0.1, 0.15) is 6.42 Å². The number of hydrogen-bond donors (Lipinski definition) is 3. The lowest BCUT2D eigenvalue weighted by Crippen LogP contribution is -2.42. The van der Waals surface area contributed by atoms with E-state index in [1.807, 2.05) is 0 Å². The predicted molar refractivity (Wildman–Crippen MR) is 99.4 cm³/mol. The van der Waals surface area contributed by atoms with Gasteiger partial charge in [0.25, 0.3) is 0 Å². The molecular formula is C13H17ClNO6PS3. The molecule has 12 heteroatoms. The van der Waals surface area contributed by atoms with Crippen LogP contribution >= 0.6 is 42.7 Å². The molecule has 1 aromatic rings. The molecule has 2 aliphatic rings. The van der Waals surface area contributed by atoms with Gasteiger partial charge < -0.3 is 14.9 Å². The number of rotatable bonds is 4. The number of thioether (sulfide) groups is 2. The van der Waals surface area contributed by atoms with E-state index < -0.39 is 33.6 Å². The molecule has 1 spiro atoms. The van der Waals surface area contributed by atoms with Gasteiger partial charge in [-0.2, -0.15) is 4.31 Å². The highest BCUT2D eigenvalue weighted by Crippen LogP contribution is 2.56. The standard InChI is InChI=1S/C13H17ClNO6PS3/c14-9-1-3-10(4-2-9)25(20,21)15-8-13(23-5-6-24-13)7-11(15)12(16)22(17,18)19/h1-4,11-12,16H,5-8H2,(H2,17,18,19). The quantitative estimate of drug-likeness (QED) is 0.601. The van der Waals surface area contributed by atoms with Crippen molar-refractivity contribution in [2.24, 2.45) is 0 Å². The summed E-state index contributed by atoms with van der Waals surface area (Å²) >= 11 is 8.95. The molecule has 140 valence electrons. The molecule has 2 fully saturated rings. The molecule has 7 nitrogen and oxygen atoms in total. The molecule has 2 aliphatic heterocycles. The summed E-state index contributed by atoms with van der Waals surface area (Å²) in [4.78, 5) is 18.7. The third-order valence-electron chi connectivity index (χ3n) is 4.21.